The fraction of sp³-hybridized carbons (Fsp3) is 0.632. The van der Waals surface area contributed by atoms with Crippen LogP contribution in [0.3, 0.4) is 0 Å². The monoisotopic (exact) mass is 384 g/mol. The summed E-state index contributed by atoms with van der Waals surface area (Å²) < 4.78 is 7.13. The van der Waals surface area contributed by atoms with Gasteiger partial charge in [-0.05, 0) is 38.2 Å². The van der Waals surface area contributed by atoms with Gasteiger partial charge in [0.15, 0.2) is 12.3 Å². The lowest BCUT2D eigenvalue weighted by atomic mass is 9.73. The molecule has 0 N–H and O–H groups in total. The Morgan fingerprint density at radius 2 is 2.14 bits per heavy atom. The lowest BCUT2D eigenvalue weighted by Gasteiger charge is -2.48. The molecule has 0 unspecified atom stereocenters. The minimum atomic E-state index is -0.0397. The molecular weight excluding hydrogens is 360 g/mol. The summed E-state index contributed by atoms with van der Waals surface area (Å²) in [6.07, 6.45) is 7.30. The molecule has 2 aliphatic heterocycles. The first-order valence-corrected chi connectivity index (χ1v) is 9.99. The Bertz CT molecular complexity index is 910. The number of aromatic nitrogens is 4. The van der Waals surface area contributed by atoms with Crippen LogP contribution >= 0.6 is 0 Å². The van der Waals surface area contributed by atoms with Crippen molar-refractivity contribution in [2.24, 2.45) is 5.41 Å². The largest absolute Gasteiger partial charge is 0.467 e. The number of fused-ring (bicyclic) bond motifs is 1. The van der Waals surface area contributed by atoms with Crippen molar-refractivity contribution < 1.29 is 14.3 Å². The molecule has 1 aliphatic carbocycles. The third-order valence-corrected chi connectivity index (χ3v) is 6.18. The van der Waals surface area contributed by atoms with Crippen LogP contribution in [0.15, 0.2) is 18.5 Å². The zero-order valence-electron chi connectivity index (χ0n) is 15.8. The summed E-state index contributed by atoms with van der Waals surface area (Å²) in [7, 11) is 0. The standard InChI is InChI=1S/C19H24N6O3/c26-17-6-8-19(12-24(17)14-2-3-14)7-1-9-23(11-19)18(27)10-28-16-5-4-15-21-20-13-25(15)22-16/h4-5,13-14H,1-3,6-12H2/t19-/m0/s1. The molecule has 2 amide bonds. The summed E-state index contributed by atoms with van der Waals surface area (Å²) in [6.45, 7) is 2.22. The molecule has 4 heterocycles. The van der Waals surface area contributed by atoms with Gasteiger partial charge in [-0.1, -0.05) is 0 Å². The molecule has 2 aromatic heterocycles. The number of rotatable bonds is 4. The van der Waals surface area contributed by atoms with Crippen molar-refractivity contribution in [3.05, 3.63) is 18.5 Å². The fourth-order valence-corrected chi connectivity index (χ4v) is 4.53. The van der Waals surface area contributed by atoms with Gasteiger partial charge in [0, 0.05) is 43.6 Å². The molecule has 2 aromatic rings. The number of ether oxygens (including phenoxy) is 1. The van der Waals surface area contributed by atoms with Gasteiger partial charge in [0.25, 0.3) is 5.91 Å². The van der Waals surface area contributed by atoms with E-state index in [0.717, 1.165) is 45.2 Å². The summed E-state index contributed by atoms with van der Waals surface area (Å²) in [6, 6.07) is 3.88. The van der Waals surface area contributed by atoms with Crippen LogP contribution in [0.1, 0.15) is 38.5 Å². The highest BCUT2D eigenvalue weighted by atomic mass is 16.5. The first-order valence-electron chi connectivity index (χ1n) is 9.99. The first-order chi connectivity index (χ1) is 13.6. The highest BCUT2D eigenvalue weighted by Gasteiger charge is 2.46. The van der Waals surface area contributed by atoms with E-state index in [2.05, 4.69) is 20.2 Å². The van der Waals surface area contributed by atoms with Crippen molar-refractivity contribution in [2.75, 3.05) is 26.2 Å². The molecule has 1 saturated carbocycles. The van der Waals surface area contributed by atoms with E-state index in [9.17, 15) is 9.59 Å². The summed E-state index contributed by atoms with van der Waals surface area (Å²) in [4.78, 5) is 29.0. The molecule has 3 aliphatic rings. The zero-order valence-corrected chi connectivity index (χ0v) is 15.8. The number of amides is 2. The van der Waals surface area contributed by atoms with Crippen LogP contribution in [0, 0.1) is 5.41 Å². The minimum Gasteiger partial charge on any atom is -0.467 e. The van der Waals surface area contributed by atoms with Crippen molar-refractivity contribution in [1.82, 2.24) is 29.6 Å². The van der Waals surface area contributed by atoms with E-state index < -0.39 is 0 Å². The van der Waals surface area contributed by atoms with E-state index in [-0.39, 0.29) is 23.8 Å². The smallest absolute Gasteiger partial charge is 0.260 e. The van der Waals surface area contributed by atoms with Crippen molar-refractivity contribution in [3.63, 3.8) is 0 Å². The normalized spacial score (nSPS) is 25.5. The van der Waals surface area contributed by atoms with Gasteiger partial charge in [0.05, 0.1) is 0 Å². The summed E-state index contributed by atoms with van der Waals surface area (Å²) in [5, 5.41) is 11.9. The number of carbonyl (C=O) groups excluding carboxylic acids is 2. The Labute approximate surface area is 162 Å². The minimum absolute atomic E-state index is 0.0281. The molecule has 28 heavy (non-hydrogen) atoms. The highest BCUT2D eigenvalue weighted by molar-refractivity contribution is 5.79. The lowest BCUT2D eigenvalue weighted by molar-refractivity contribution is -0.144. The maximum absolute atomic E-state index is 12.8. The molecule has 0 radical (unpaired) electrons. The average molecular weight is 384 g/mol. The molecule has 1 spiro atoms. The Morgan fingerprint density at radius 1 is 1.25 bits per heavy atom. The van der Waals surface area contributed by atoms with Gasteiger partial charge in [-0.25, -0.2) is 0 Å². The van der Waals surface area contributed by atoms with E-state index >= 15 is 0 Å². The van der Waals surface area contributed by atoms with Gasteiger partial charge < -0.3 is 14.5 Å². The first kappa shape index (κ1) is 17.4. The molecule has 9 nitrogen and oxygen atoms in total. The van der Waals surface area contributed by atoms with Gasteiger partial charge >= 0.3 is 0 Å². The van der Waals surface area contributed by atoms with Gasteiger partial charge in [-0.15, -0.1) is 15.3 Å². The van der Waals surface area contributed by atoms with E-state index in [4.69, 9.17) is 4.74 Å². The van der Waals surface area contributed by atoms with Crippen LogP contribution < -0.4 is 4.74 Å². The van der Waals surface area contributed by atoms with Crippen molar-refractivity contribution in [1.29, 1.82) is 0 Å². The Hall–Kier alpha value is -2.71. The van der Waals surface area contributed by atoms with Gasteiger partial charge in [0.1, 0.15) is 6.33 Å². The maximum Gasteiger partial charge on any atom is 0.260 e. The number of carbonyl (C=O) groups is 2. The van der Waals surface area contributed by atoms with Crippen molar-refractivity contribution >= 4 is 17.5 Å². The second kappa shape index (κ2) is 6.72. The Balaban J connectivity index is 1.22. The summed E-state index contributed by atoms with van der Waals surface area (Å²) in [5.74, 6) is 0.630. The Kier molecular flexibility index (Phi) is 4.17. The quantitative estimate of drug-likeness (QED) is 0.778. The molecule has 9 heteroatoms. The topological polar surface area (TPSA) is 92.9 Å². The second-order valence-electron chi connectivity index (χ2n) is 8.27. The summed E-state index contributed by atoms with van der Waals surface area (Å²) >= 11 is 0. The van der Waals surface area contributed by atoms with E-state index in [1.165, 1.54) is 10.8 Å². The number of hydrogen-bond acceptors (Lipinski definition) is 6. The van der Waals surface area contributed by atoms with Crippen LogP contribution in [0.2, 0.25) is 0 Å². The fourth-order valence-electron chi connectivity index (χ4n) is 4.53. The predicted octanol–water partition coefficient (Wildman–Crippen LogP) is 0.897. The molecular formula is C19H24N6O3. The van der Waals surface area contributed by atoms with Crippen LogP contribution in [-0.2, 0) is 9.59 Å². The lowest BCUT2D eigenvalue weighted by Crippen LogP contribution is -2.56. The van der Waals surface area contributed by atoms with Gasteiger partial charge in [0.2, 0.25) is 11.8 Å². The van der Waals surface area contributed by atoms with Crippen LogP contribution in [0.4, 0.5) is 0 Å². The van der Waals surface area contributed by atoms with E-state index in [1.54, 1.807) is 12.1 Å². The van der Waals surface area contributed by atoms with Crippen molar-refractivity contribution in [3.8, 4) is 5.88 Å². The summed E-state index contributed by atoms with van der Waals surface area (Å²) in [5.41, 5.74) is 0.674. The number of hydrogen-bond donors (Lipinski definition) is 0. The average Bonchev–Trinajstić information content (AvgIpc) is 3.45. The molecule has 148 valence electrons. The van der Waals surface area contributed by atoms with E-state index in [0.29, 0.717) is 30.5 Å². The molecule has 5 rings (SSSR count). The van der Waals surface area contributed by atoms with E-state index in [1.807, 2.05) is 4.90 Å². The van der Waals surface area contributed by atoms with Crippen LogP contribution in [-0.4, -0.2) is 73.7 Å². The number of likely N-dealkylation sites (tertiary alicyclic amines) is 2. The maximum atomic E-state index is 12.8. The molecule has 0 aromatic carbocycles. The van der Waals surface area contributed by atoms with Crippen molar-refractivity contribution in [2.45, 2.75) is 44.6 Å². The zero-order chi connectivity index (χ0) is 19.1. The second-order valence-corrected chi connectivity index (χ2v) is 8.27. The molecule has 2 saturated heterocycles. The third kappa shape index (κ3) is 3.29. The SMILES string of the molecule is O=C(COc1ccc2nncn2n1)N1CCC[C@]2(CCC(=O)N(C3CC3)C2)C1. The molecule has 3 fully saturated rings. The molecule has 1 atom stereocenters. The predicted molar refractivity (Wildman–Crippen MR) is 98.5 cm³/mol. The third-order valence-electron chi connectivity index (χ3n) is 6.18. The number of nitrogens with zero attached hydrogens (tertiary/aromatic N) is 6. The number of piperidine rings is 2. The van der Waals surface area contributed by atoms with Gasteiger partial charge in [-0.3, -0.25) is 9.59 Å². The van der Waals surface area contributed by atoms with Crippen LogP contribution in [0.5, 0.6) is 5.88 Å². The Morgan fingerprint density at radius 3 is 3.00 bits per heavy atom. The highest BCUT2D eigenvalue weighted by Crippen LogP contribution is 2.42. The molecule has 0 bridgehead atoms. The van der Waals surface area contributed by atoms with Gasteiger partial charge in [-0.2, -0.15) is 4.52 Å². The van der Waals surface area contributed by atoms with Crippen LogP contribution in [0.25, 0.3) is 5.65 Å².